The summed E-state index contributed by atoms with van der Waals surface area (Å²) >= 11 is 0. The summed E-state index contributed by atoms with van der Waals surface area (Å²) < 4.78 is 4.81. The van der Waals surface area contributed by atoms with Crippen LogP contribution >= 0.6 is 0 Å². The predicted octanol–water partition coefficient (Wildman–Crippen LogP) is -0.100. The number of rotatable bonds is 5. The lowest BCUT2D eigenvalue weighted by Gasteiger charge is -2.32. The van der Waals surface area contributed by atoms with E-state index in [0.717, 1.165) is 4.90 Å². The van der Waals surface area contributed by atoms with Gasteiger partial charge in [0.2, 0.25) is 0 Å². The molecule has 0 aromatic rings. The summed E-state index contributed by atoms with van der Waals surface area (Å²) in [6.45, 7) is 5.01. The van der Waals surface area contributed by atoms with Gasteiger partial charge in [0.1, 0.15) is 12.6 Å². The number of carboxylic acid groups (broad SMARTS) is 1. The smallest absolute Gasteiger partial charge is 0.326 e. The lowest BCUT2D eigenvalue weighted by Crippen LogP contribution is -2.52. The van der Waals surface area contributed by atoms with Gasteiger partial charge >= 0.3 is 18.0 Å². The number of β-amino-alcohol motifs (C(OH)–C–C–N with tert-alkyl or cyclic N) is 1. The van der Waals surface area contributed by atoms with Crippen LogP contribution in [0.2, 0.25) is 0 Å². The van der Waals surface area contributed by atoms with Crippen molar-refractivity contribution in [3.63, 3.8) is 0 Å². The van der Waals surface area contributed by atoms with Gasteiger partial charge in [-0.1, -0.05) is 0 Å². The number of amides is 2. The molecule has 1 saturated heterocycles. The Morgan fingerprint density at radius 2 is 2.00 bits per heavy atom. The van der Waals surface area contributed by atoms with E-state index >= 15 is 0 Å². The van der Waals surface area contributed by atoms with Gasteiger partial charge in [-0.15, -0.1) is 0 Å². The molecule has 1 fully saturated rings. The Hall–Kier alpha value is -1.83. The van der Waals surface area contributed by atoms with E-state index in [-0.39, 0.29) is 32.2 Å². The molecule has 1 aliphatic rings. The highest BCUT2D eigenvalue weighted by atomic mass is 16.5. The molecule has 2 amide bonds. The molecular formula is C13H22N2O6. The molecule has 1 heterocycles. The van der Waals surface area contributed by atoms with E-state index in [1.165, 1.54) is 4.90 Å². The fraction of sp³-hybridized carbons (Fsp3) is 0.769. The molecule has 0 bridgehead atoms. The minimum absolute atomic E-state index is 0.00752. The second-order valence-corrected chi connectivity index (χ2v) is 5.21. The minimum Gasteiger partial charge on any atom is -0.480 e. The highest BCUT2D eigenvalue weighted by Crippen LogP contribution is 2.21. The third-order valence-electron chi connectivity index (χ3n) is 3.28. The van der Waals surface area contributed by atoms with E-state index < -0.39 is 30.1 Å². The number of hydrogen-bond donors (Lipinski definition) is 2. The van der Waals surface area contributed by atoms with Crippen molar-refractivity contribution in [1.29, 1.82) is 0 Å². The molecule has 120 valence electrons. The van der Waals surface area contributed by atoms with E-state index in [0.29, 0.717) is 0 Å². The number of esters is 1. The molecule has 1 aliphatic heterocycles. The van der Waals surface area contributed by atoms with Crippen molar-refractivity contribution < 1.29 is 29.3 Å². The zero-order chi connectivity index (χ0) is 16.2. The summed E-state index contributed by atoms with van der Waals surface area (Å²) in [6.07, 6.45) is -0.876. The van der Waals surface area contributed by atoms with Crippen LogP contribution in [-0.4, -0.2) is 75.9 Å². The topological polar surface area (TPSA) is 107 Å². The van der Waals surface area contributed by atoms with Crippen molar-refractivity contribution >= 4 is 18.0 Å². The maximum absolute atomic E-state index is 12.5. The first kappa shape index (κ1) is 17.2. The average molecular weight is 302 g/mol. The van der Waals surface area contributed by atoms with Crippen molar-refractivity contribution in [2.75, 3.05) is 19.7 Å². The molecule has 21 heavy (non-hydrogen) atoms. The number of carbonyl (C=O) groups excluding carboxylic acids is 2. The summed E-state index contributed by atoms with van der Waals surface area (Å²) in [5, 5.41) is 18.7. The average Bonchev–Trinajstić information content (AvgIpc) is 2.77. The molecular weight excluding hydrogens is 280 g/mol. The summed E-state index contributed by atoms with van der Waals surface area (Å²) in [5.74, 6) is -1.72. The van der Waals surface area contributed by atoms with Gasteiger partial charge in [-0.3, -0.25) is 4.79 Å². The van der Waals surface area contributed by atoms with Crippen LogP contribution in [0.25, 0.3) is 0 Å². The fourth-order valence-corrected chi connectivity index (χ4v) is 2.24. The van der Waals surface area contributed by atoms with Gasteiger partial charge in [0, 0.05) is 19.0 Å². The minimum atomic E-state index is -1.17. The highest BCUT2D eigenvalue weighted by molar-refractivity contribution is 5.86. The number of aliphatic carboxylic acids is 1. The first-order valence-corrected chi connectivity index (χ1v) is 6.91. The van der Waals surface area contributed by atoms with E-state index in [4.69, 9.17) is 9.84 Å². The van der Waals surface area contributed by atoms with E-state index in [9.17, 15) is 19.5 Å². The molecule has 0 aromatic carbocycles. The van der Waals surface area contributed by atoms with Crippen LogP contribution in [0.5, 0.6) is 0 Å². The van der Waals surface area contributed by atoms with Crippen LogP contribution in [0.1, 0.15) is 27.2 Å². The number of carbonyl (C=O) groups is 3. The normalized spacial score (nSPS) is 21.5. The van der Waals surface area contributed by atoms with Gasteiger partial charge in [0.05, 0.1) is 12.7 Å². The molecule has 2 unspecified atom stereocenters. The number of aliphatic hydroxyl groups excluding tert-OH is 1. The predicted molar refractivity (Wildman–Crippen MR) is 72.6 cm³/mol. The number of ether oxygens (including phenoxy) is 1. The quantitative estimate of drug-likeness (QED) is 0.687. The molecule has 0 saturated carbocycles. The Morgan fingerprint density at radius 3 is 2.48 bits per heavy atom. The maximum atomic E-state index is 12.5. The van der Waals surface area contributed by atoms with Crippen LogP contribution < -0.4 is 0 Å². The molecule has 0 radical (unpaired) electrons. The third-order valence-corrected chi connectivity index (χ3v) is 3.28. The second-order valence-electron chi connectivity index (χ2n) is 5.21. The van der Waals surface area contributed by atoms with Gasteiger partial charge in [-0.05, 0) is 20.8 Å². The van der Waals surface area contributed by atoms with Gasteiger partial charge in [0.25, 0.3) is 0 Å². The van der Waals surface area contributed by atoms with Crippen LogP contribution in [0.15, 0.2) is 0 Å². The van der Waals surface area contributed by atoms with Crippen molar-refractivity contribution in [3.8, 4) is 0 Å². The lowest BCUT2D eigenvalue weighted by molar-refractivity contribution is -0.144. The fourth-order valence-electron chi connectivity index (χ4n) is 2.24. The molecule has 8 nitrogen and oxygen atoms in total. The highest BCUT2D eigenvalue weighted by Gasteiger charge is 2.41. The van der Waals surface area contributed by atoms with Crippen molar-refractivity contribution in [3.05, 3.63) is 0 Å². The lowest BCUT2D eigenvalue weighted by atomic mass is 10.2. The Bertz CT molecular complexity index is 411. The number of carboxylic acids is 1. The zero-order valence-electron chi connectivity index (χ0n) is 12.5. The van der Waals surface area contributed by atoms with Gasteiger partial charge in [-0.2, -0.15) is 0 Å². The van der Waals surface area contributed by atoms with Gasteiger partial charge in [0.15, 0.2) is 0 Å². The van der Waals surface area contributed by atoms with Crippen LogP contribution in [0.3, 0.4) is 0 Å². The van der Waals surface area contributed by atoms with E-state index in [1.54, 1.807) is 20.8 Å². The molecule has 2 atom stereocenters. The summed E-state index contributed by atoms with van der Waals surface area (Å²) in [7, 11) is 0. The molecule has 1 rings (SSSR count). The molecule has 2 N–H and O–H groups in total. The standard InChI is InChI=1S/C13H22N2O6/c1-4-21-11(17)7-14(8(2)3)13(20)15-6-9(16)5-10(15)12(18)19/h8-10,16H,4-7H2,1-3H3,(H,18,19). The first-order chi connectivity index (χ1) is 9.77. The molecule has 0 aromatic heterocycles. The molecule has 0 aliphatic carbocycles. The second kappa shape index (κ2) is 7.26. The number of likely N-dealkylation sites (tertiary alicyclic amines) is 1. The van der Waals surface area contributed by atoms with Gasteiger partial charge in [-0.25, -0.2) is 9.59 Å². The summed E-state index contributed by atoms with van der Waals surface area (Å²) in [5.41, 5.74) is 0. The molecule has 8 heteroatoms. The van der Waals surface area contributed by atoms with E-state index in [1.807, 2.05) is 0 Å². The largest absolute Gasteiger partial charge is 0.480 e. The first-order valence-electron chi connectivity index (χ1n) is 6.91. The van der Waals surface area contributed by atoms with Crippen LogP contribution in [0.4, 0.5) is 4.79 Å². The maximum Gasteiger partial charge on any atom is 0.326 e. The number of nitrogens with zero attached hydrogens (tertiary/aromatic N) is 2. The Morgan fingerprint density at radius 1 is 1.38 bits per heavy atom. The van der Waals surface area contributed by atoms with Gasteiger partial charge < -0.3 is 24.7 Å². The monoisotopic (exact) mass is 302 g/mol. The number of hydrogen-bond acceptors (Lipinski definition) is 5. The SMILES string of the molecule is CCOC(=O)CN(C(=O)N1CC(O)CC1C(=O)O)C(C)C. The summed E-state index contributed by atoms with van der Waals surface area (Å²) in [4.78, 5) is 37.5. The van der Waals surface area contributed by atoms with Crippen molar-refractivity contribution in [2.45, 2.75) is 45.4 Å². The van der Waals surface area contributed by atoms with E-state index in [2.05, 4.69) is 0 Å². The number of aliphatic hydroxyl groups is 1. The van der Waals surface area contributed by atoms with Crippen LogP contribution in [-0.2, 0) is 14.3 Å². The Balaban J connectivity index is 2.85. The molecule has 0 spiro atoms. The Labute approximate surface area is 123 Å². The number of urea groups is 1. The van der Waals surface area contributed by atoms with Crippen molar-refractivity contribution in [1.82, 2.24) is 9.80 Å². The zero-order valence-corrected chi connectivity index (χ0v) is 12.5. The van der Waals surface area contributed by atoms with Crippen molar-refractivity contribution in [2.24, 2.45) is 0 Å². The third kappa shape index (κ3) is 4.32. The summed E-state index contributed by atoms with van der Waals surface area (Å²) in [6, 6.07) is -1.95. The Kier molecular flexibility index (Phi) is 5.95. The van der Waals surface area contributed by atoms with Crippen LogP contribution in [0, 0.1) is 0 Å².